The van der Waals surface area contributed by atoms with Crippen LogP contribution in [0.1, 0.15) is 72.6 Å². The highest BCUT2D eigenvalue weighted by molar-refractivity contribution is 7.92. The van der Waals surface area contributed by atoms with E-state index in [1.807, 2.05) is 0 Å². The van der Waals surface area contributed by atoms with Crippen LogP contribution in [0.5, 0.6) is 0 Å². The molecule has 21 heavy (non-hydrogen) atoms. The fraction of sp³-hybridized carbons (Fsp3) is 1.00. The molecule has 0 aliphatic heterocycles. The first-order valence-electron chi connectivity index (χ1n) is 8.87. The van der Waals surface area contributed by atoms with E-state index in [2.05, 4.69) is 33.0 Å². The van der Waals surface area contributed by atoms with Gasteiger partial charge in [0, 0.05) is 6.04 Å². The molecule has 0 saturated heterocycles. The van der Waals surface area contributed by atoms with E-state index in [9.17, 15) is 8.42 Å². The second-order valence-electron chi connectivity index (χ2n) is 6.99. The van der Waals surface area contributed by atoms with E-state index in [4.69, 9.17) is 0 Å². The van der Waals surface area contributed by atoms with Crippen molar-refractivity contribution in [3.05, 3.63) is 0 Å². The van der Waals surface area contributed by atoms with Crippen molar-refractivity contribution >= 4 is 9.84 Å². The molecule has 3 nitrogen and oxygen atoms in total. The van der Waals surface area contributed by atoms with Gasteiger partial charge in [0.05, 0.1) is 11.0 Å². The molecule has 4 heteroatoms. The van der Waals surface area contributed by atoms with Crippen LogP contribution in [0.4, 0.5) is 0 Å². The summed E-state index contributed by atoms with van der Waals surface area (Å²) in [7, 11) is -2.96. The molecule has 0 heterocycles. The van der Waals surface area contributed by atoms with Gasteiger partial charge >= 0.3 is 0 Å². The molecule has 1 rings (SSSR count). The van der Waals surface area contributed by atoms with E-state index >= 15 is 0 Å². The standard InChI is InChI=1S/C17H35NO2S/c1-5-7-8-12-21(19,20)17-13-15(14(3)4)9-10-16(17)18-11-6-2/h14-18H,5-13H2,1-4H3. The Bertz CT molecular complexity index is 378. The van der Waals surface area contributed by atoms with Crippen LogP contribution in [0.3, 0.4) is 0 Å². The van der Waals surface area contributed by atoms with Gasteiger partial charge in [0.2, 0.25) is 0 Å². The topological polar surface area (TPSA) is 46.2 Å². The van der Waals surface area contributed by atoms with Gasteiger partial charge < -0.3 is 5.32 Å². The van der Waals surface area contributed by atoms with E-state index in [0.29, 0.717) is 17.6 Å². The van der Waals surface area contributed by atoms with Crippen molar-refractivity contribution in [3.63, 3.8) is 0 Å². The molecule has 0 aromatic rings. The van der Waals surface area contributed by atoms with E-state index in [0.717, 1.165) is 45.1 Å². The maximum absolute atomic E-state index is 12.8. The van der Waals surface area contributed by atoms with Gasteiger partial charge in [-0.3, -0.25) is 0 Å². The molecule has 1 aliphatic carbocycles. The molecular formula is C17H35NO2S. The first kappa shape index (κ1) is 19.0. The van der Waals surface area contributed by atoms with Crippen LogP contribution >= 0.6 is 0 Å². The van der Waals surface area contributed by atoms with Gasteiger partial charge in [-0.2, -0.15) is 0 Å². The monoisotopic (exact) mass is 317 g/mol. The predicted molar refractivity (Wildman–Crippen MR) is 91.4 cm³/mol. The normalized spacial score (nSPS) is 27.2. The Hall–Kier alpha value is -0.0900. The summed E-state index contributed by atoms with van der Waals surface area (Å²) in [5, 5.41) is 3.33. The molecule has 0 aromatic carbocycles. The zero-order valence-corrected chi connectivity index (χ0v) is 15.2. The van der Waals surface area contributed by atoms with Gasteiger partial charge in [0.1, 0.15) is 0 Å². The fourth-order valence-corrected chi connectivity index (χ4v) is 5.61. The van der Waals surface area contributed by atoms with Crippen LogP contribution in [0, 0.1) is 11.8 Å². The van der Waals surface area contributed by atoms with Gasteiger partial charge in [-0.05, 0) is 50.5 Å². The Kier molecular flexibility index (Phi) is 8.25. The van der Waals surface area contributed by atoms with Crippen molar-refractivity contribution in [2.45, 2.75) is 83.9 Å². The fourth-order valence-electron chi connectivity index (χ4n) is 3.43. The summed E-state index contributed by atoms with van der Waals surface area (Å²) in [6.07, 6.45) is 7.02. The van der Waals surface area contributed by atoms with Crippen LogP contribution in [-0.4, -0.2) is 32.0 Å². The highest BCUT2D eigenvalue weighted by Gasteiger charge is 2.38. The zero-order valence-electron chi connectivity index (χ0n) is 14.4. The van der Waals surface area contributed by atoms with Gasteiger partial charge in [-0.1, -0.05) is 40.5 Å². The average molecular weight is 318 g/mol. The van der Waals surface area contributed by atoms with E-state index in [1.54, 1.807) is 0 Å². The minimum absolute atomic E-state index is 0.165. The minimum Gasteiger partial charge on any atom is -0.313 e. The molecule has 0 spiro atoms. The molecule has 1 N–H and O–H groups in total. The molecule has 0 amide bonds. The third kappa shape index (κ3) is 5.90. The summed E-state index contributed by atoms with van der Waals surface area (Å²) in [6, 6.07) is 0.173. The van der Waals surface area contributed by atoms with Gasteiger partial charge in [-0.25, -0.2) is 8.42 Å². The van der Waals surface area contributed by atoms with Crippen LogP contribution in [-0.2, 0) is 9.84 Å². The number of rotatable bonds is 9. The lowest BCUT2D eigenvalue weighted by molar-refractivity contribution is 0.241. The summed E-state index contributed by atoms with van der Waals surface area (Å²) >= 11 is 0. The van der Waals surface area contributed by atoms with Crippen molar-refractivity contribution in [2.24, 2.45) is 11.8 Å². The Labute approximate surface area is 132 Å². The summed E-state index contributed by atoms with van der Waals surface area (Å²) in [4.78, 5) is 0. The second kappa shape index (κ2) is 9.14. The first-order chi connectivity index (χ1) is 9.92. The summed E-state index contributed by atoms with van der Waals surface area (Å²) in [6.45, 7) is 9.64. The smallest absolute Gasteiger partial charge is 0.154 e. The predicted octanol–water partition coefficient (Wildman–Crippen LogP) is 3.78. The number of sulfone groups is 1. The lowest BCUT2D eigenvalue weighted by Gasteiger charge is -2.38. The molecule has 126 valence electrons. The SMILES string of the molecule is CCCCCS(=O)(=O)C1CC(C(C)C)CCC1NCCC. The van der Waals surface area contributed by atoms with Crippen molar-refractivity contribution in [1.29, 1.82) is 0 Å². The van der Waals surface area contributed by atoms with Gasteiger partial charge in [-0.15, -0.1) is 0 Å². The van der Waals surface area contributed by atoms with E-state index in [1.165, 1.54) is 6.42 Å². The molecule has 3 atom stereocenters. The summed E-state index contributed by atoms with van der Waals surface area (Å²) in [5.74, 6) is 1.53. The Balaban J connectivity index is 2.76. The maximum atomic E-state index is 12.8. The second-order valence-corrected chi connectivity index (χ2v) is 9.33. The van der Waals surface area contributed by atoms with Crippen molar-refractivity contribution in [1.82, 2.24) is 5.32 Å². The number of hydrogen-bond donors (Lipinski definition) is 1. The summed E-state index contributed by atoms with van der Waals surface area (Å²) in [5.41, 5.74) is 0. The Morgan fingerprint density at radius 1 is 1.10 bits per heavy atom. The Morgan fingerprint density at radius 3 is 2.38 bits per heavy atom. The van der Waals surface area contributed by atoms with E-state index in [-0.39, 0.29) is 11.3 Å². The molecule has 1 aliphatic rings. The number of nitrogens with one attached hydrogen (secondary N) is 1. The molecule has 0 bridgehead atoms. The number of unbranched alkanes of at least 4 members (excludes halogenated alkanes) is 2. The molecule has 1 saturated carbocycles. The quantitative estimate of drug-likeness (QED) is 0.658. The lowest BCUT2D eigenvalue weighted by atomic mass is 9.79. The molecule has 1 fully saturated rings. The van der Waals surface area contributed by atoms with Crippen LogP contribution < -0.4 is 5.32 Å². The molecule has 0 radical (unpaired) electrons. The average Bonchev–Trinajstić information content (AvgIpc) is 2.45. The van der Waals surface area contributed by atoms with E-state index < -0.39 is 9.84 Å². The minimum atomic E-state index is -2.96. The zero-order chi connectivity index (χ0) is 15.9. The van der Waals surface area contributed by atoms with Gasteiger partial charge in [0.25, 0.3) is 0 Å². The number of hydrogen-bond acceptors (Lipinski definition) is 3. The van der Waals surface area contributed by atoms with Crippen LogP contribution in [0.25, 0.3) is 0 Å². The van der Waals surface area contributed by atoms with Crippen molar-refractivity contribution < 1.29 is 8.42 Å². The largest absolute Gasteiger partial charge is 0.313 e. The van der Waals surface area contributed by atoms with Crippen molar-refractivity contribution in [2.75, 3.05) is 12.3 Å². The third-order valence-electron chi connectivity index (χ3n) is 4.93. The molecular weight excluding hydrogens is 282 g/mol. The van der Waals surface area contributed by atoms with Crippen molar-refractivity contribution in [3.8, 4) is 0 Å². The highest BCUT2D eigenvalue weighted by atomic mass is 32.2. The molecule has 3 unspecified atom stereocenters. The molecule has 0 aromatic heterocycles. The van der Waals surface area contributed by atoms with Crippen LogP contribution in [0.2, 0.25) is 0 Å². The van der Waals surface area contributed by atoms with Crippen LogP contribution in [0.15, 0.2) is 0 Å². The third-order valence-corrected chi connectivity index (χ3v) is 7.23. The summed E-state index contributed by atoms with van der Waals surface area (Å²) < 4.78 is 25.5. The maximum Gasteiger partial charge on any atom is 0.154 e. The van der Waals surface area contributed by atoms with Gasteiger partial charge in [0.15, 0.2) is 9.84 Å². The lowest BCUT2D eigenvalue weighted by Crippen LogP contribution is -2.49. The Morgan fingerprint density at radius 2 is 1.81 bits per heavy atom. The first-order valence-corrected chi connectivity index (χ1v) is 10.6. The highest BCUT2D eigenvalue weighted by Crippen LogP contribution is 2.34.